The van der Waals surface area contributed by atoms with E-state index in [9.17, 15) is 32.6 Å². The Hall–Kier alpha value is -3.33. The number of aromatic nitrogens is 1. The molecule has 0 unspecified atom stereocenters. The van der Waals surface area contributed by atoms with Crippen LogP contribution in [0.3, 0.4) is 0 Å². The number of nitrogens with one attached hydrogen (secondary N) is 2. The molecule has 4 N–H and O–H groups in total. The number of phenolic OH excluding ortho intramolecular Hbond substituents is 1. The minimum Gasteiger partial charge on any atom is -0.505 e. The number of halogens is 4. The monoisotopic (exact) mass is 434 g/mol. The molecular weight excluding hydrogens is 416 g/mol. The van der Waals surface area contributed by atoms with E-state index >= 15 is 0 Å². The standard InChI is InChI=1S/C22H18F4N2O3/c1-2-11-10-21(31,22(24,25)26)20(13-6-8-16(29)19(23)18(11)13)28-15-5-3-4-14-12(15)7-9-17(30)27-14/h2-9,20,28-29,31H,10H2,1H3,(H,27,30)/b11-2-/t20-,21-/m1/s1. The topological polar surface area (TPSA) is 85.4 Å². The number of phenols is 1. The van der Waals surface area contributed by atoms with Gasteiger partial charge in [-0.25, -0.2) is 4.39 Å². The van der Waals surface area contributed by atoms with Gasteiger partial charge in [0, 0.05) is 29.1 Å². The number of fused-ring (bicyclic) bond motifs is 2. The third-order valence-electron chi connectivity index (χ3n) is 5.63. The molecule has 0 aliphatic heterocycles. The lowest BCUT2D eigenvalue weighted by molar-refractivity contribution is -0.265. The minimum absolute atomic E-state index is 0.0662. The highest BCUT2D eigenvalue weighted by atomic mass is 19.4. The maximum atomic E-state index is 14.8. The van der Waals surface area contributed by atoms with Crippen LogP contribution in [0, 0.1) is 5.82 Å². The number of anilines is 1. The molecule has 0 radical (unpaired) electrons. The van der Waals surface area contributed by atoms with Gasteiger partial charge < -0.3 is 20.5 Å². The highest BCUT2D eigenvalue weighted by molar-refractivity contribution is 5.91. The van der Waals surface area contributed by atoms with E-state index in [1.807, 2.05) is 0 Å². The molecule has 1 heterocycles. The fraction of sp³-hybridized carbons (Fsp3) is 0.227. The first kappa shape index (κ1) is 20.9. The van der Waals surface area contributed by atoms with Crippen molar-refractivity contribution in [1.82, 2.24) is 4.98 Å². The molecule has 162 valence electrons. The van der Waals surface area contributed by atoms with Crippen LogP contribution in [0.25, 0.3) is 16.5 Å². The molecule has 0 bridgehead atoms. The third kappa shape index (κ3) is 3.25. The van der Waals surface area contributed by atoms with Gasteiger partial charge in [-0.2, -0.15) is 13.2 Å². The van der Waals surface area contributed by atoms with Crippen LogP contribution in [0.15, 0.2) is 53.3 Å². The largest absolute Gasteiger partial charge is 0.505 e. The lowest BCUT2D eigenvalue weighted by atomic mass is 9.72. The Morgan fingerprint density at radius 2 is 1.94 bits per heavy atom. The summed E-state index contributed by atoms with van der Waals surface area (Å²) in [5, 5.41) is 23.8. The van der Waals surface area contributed by atoms with Gasteiger partial charge in [-0.3, -0.25) is 4.79 Å². The molecule has 0 saturated carbocycles. The van der Waals surface area contributed by atoms with Crippen LogP contribution in [0.5, 0.6) is 5.75 Å². The average Bonchev–Trinajstić information content (AvgIpc) is 2.71. The molecule has 3 aromatic rings. The smallest absolute Gasteiger partial charge is 0.419 e. The van der Waals surface area contributed by atoms with Gasteiger partial charge in [-0.1, -0.05) is 18.2 Å². The Balaban J connectivity index is 1.96. The maximum Gasteiger partial charge on any atom is 0.419 e. The van der Waals surface area contributed by atoms with E-state index in [2.05, 4.69) is 10.3 Å². The number of allylic oxidation sites excluding steroid dienone is 1. The number of aromatic hydroxyl groups is 1. The number of alkyl halides is 3. The highest BCUT2D eigenvalue weighted by Crippen LogP contribution is 2.53. The van der Waals surface area contributed by atoms with Crippen molar-refractivity contribution in [3.05, 3.63) is 75.8 Å². The average molecular weight is 434 g/mol. The van der Waals surface area contributed by atoms with E-state index < -0.39 is 35.8 Å². The SMILES string of the molecule is C/C=C1/C[C@](O)(C(F)(F)F)[C@H](Nc2cccc3[nH]c(=O)ccc23)c2ccc(O)c(F)c21. The summed E-state index contributed by atoms with van der Waals surface area (Å²) in [6.45, 7) is 1.44. The summed E-state index contributed by atoms with van der Waals surface area (Å²) in [5.74, 6) is -1.75. The number of hydrogen-bond donors (Lipinski definition) is 4. The number of hydrogen-bond acceptors (Lipinski definition) is 4. The summed E-state index contributed by atoms with van der Waals surface area (Å²) >= 11 is 0. The minimum atomic E-state index is -5.05. The number of pyridine rings is 1. The summed E-state index contributed by atoms with van der Waals surface area (Å²) in [6.07, 6.45) is -4.67. The molecule has 2 aromatic carbocycles. The molecule has 2 atom stereocenters. The van der Waals surface area contributed by atoms with Gasteiger partial charge in [0.25, 0.3) is 0 Å². The first-order valence-electron chi connectivity index (χ1n) is 9.41. The van der Waals surface area contributed by atoms with Crippen molar-refractivity contribution in [2.45, 2.75) is 31.2 Å². The quantitative estimate of drug-likeness (QED) is 0.443. The second-order valence-corrected chi connectivity index (χ2v) is 7.44. The zero-order valence-corrected chi connectivity index (χ0v) is 16.2. The zero-order chi connectivity index (χ0) is 22.6. The van der Waals surface area contributed by atoms with Crippen LogP contribution in [-0.4, -0.2) is 27.0 Å². The van der Waals surface area contributed by atoms with Gasteiger partial charge in [-0.15, -0.1) is 0 Å². The van der Waals surface area contributed by atoms with Crippen molar-refractivity contribution in [2.24, 2.45) is 0 Å². The third-order valence-corrected chi connectivity index (χ3v) is 5.63. The van der Waals surface area contributed by atoms with E-state index in [1.165, 1.54) is 37.3 Å². The first-order valence-corrected chi connectivity index (χ1v) is 9.41. The fourth-order valence-corrected chi connectivity index (χ4v) is 4.06. The van der Waals surface area contributed by atoms with Crippen LogP contribution in [-0.2, 0) is 0 Å². The van der Waals surface area contributed by atoms with Crippen LogP contribution in [0.4, 0.5) is 23.2 Å². The number of benzene rings is 2. The zero-order valence-electron chi connectivity index (χ0n) is 16.2. The van der Waals surface area contributed by atoms with E-state index in [0.717, 1.165) is 12.1 Å². The Labute approximate surface area is 173 Å². The fourth-order valence-electron chi connectivity index (χ4n) is 4.06. The molecule has 0 spiro atoms. The lowest BCUT2D eigenvalue weighted by Crippen LogP contribution is -2.54. The summed E-state index contributed by atoms with van der Waals surface area (Å²) in [7, 11) is 0. The number of aromatic amines is 1. The van der Waals surface area contributed by atoms with Gasteiger partial charge >= 0.3 is 6.18 Å². The van der Waals surface area contributed by atoms with Crippen LogP contribution in [0.1, 0.15) is 30.5 Å². The predicted octanol–water partition coefficient (Wildman–Crippen LogP) is 4.63. The molecule has 1 aliphatic rings. The van der Waals surface area contributed by atoms with Gasteiger partial charge in [0.15, 0.2) is 17.2 Å². The van der Waals surface area contributed by atoms with Crippen molar-refractivity contribution in [2.75, 3.05) is 5.32 Å². The Bertz CT molecular complexity index is 1270. The summed E-state index contributed by atoms with van der Waals surface area (Å²) in [4.78, 5) is 14.2. The van der Waals surface area contributed by atoms with Gasteiger partial charge in [0.1, 0.15) is 0 Å². The molecule has 5 nitrogen and oxygen atoms in total. The molecule has 0 saturated heterocycles. The summed E-state index contributed by atoms with van der Waals surface area (Å²) in [6, 6.07) is 7.64. The van der Waals surface area contributed by atoms with E-state index in [4.69, 9.17) is 0 Å². The van der Waals surface area contributed by atoms with Crippen molar-refractivity contribution in [1.29, 1.82) is 0 Å². The molecule has 0 amide bonds. The van der Waals surface area contributed by atoms with E-state index in [-0.39, 0.29) is 27.9 Å². The predicted molar refractivity (Wildman–Crippen MR) is 108 cm³/mol. The van der Waals surface area contributed by atoms with E-state index in [1.54, 1.807) is 6.07 Å². The summed E-state index contributed by atoms with van der Waals surface area (Å²) in [5.41, 5.74) is -3.42. The second-order valence-electron chi connectivity index (χ2n) is 7.44. The normalized spacial score (nSPS) is 22.5. The van der Waals surface area contributed by atoms with Crippen LogP contribution in [0.2, 0.25) is 0 Å². The maximum absolute atomic E-state index is 14.8. The van der Waals surface area contributed by atoms with Gasteiger partial charge in [0.2, 0.25) is 5.56 Å². The van der Waals surface area contributed by atoms with E-state index in [0.29, 0.717) is 10.9 Å². The Kier molecular flexibility index (Phi) is 4.81. The van der Waals surface area contributed by atoms with Gasteiger partial charge in [0.05, 0.1) is 11.6 Å². The Morgan fingerprint density at radius 1 is 1.19 bits per heavy atom. The van der Waals surface area contributed by atoms with Crippen molar-refractivity contribution >= 4 is 22.2 Å². The number of aliphatic hydroxyl groups is 1. The molecule has 1 aromatic heterocycles. The highest BCUT2D eigenvalue weighted by Gasteiger charge is 2.61. The molecule has 31 heavy (non-hydrogen) atoms. The van der Waals surface area contributed by atoms with Gasteiger partial charge in [-0.05, 0) is 42.3 Å². The second kappa shape index (κ2) is 7.12. The number of H-pyrrole nitrogens is 1. The summed E-state index contributed by atoms with van der Waals surface area (Å²) < 4.78 is 57.1. The molecule has 4 rings (SSSR count). The molecule has 9 heteroatoms. The number of rotatable bonds is 2. The van der Waals surface area contributed by atoms with Crippen molar-refractivity contribution in [3.8, 4) is 5.75 Å². The molecular formula is C22H18F4N2O3. The van der Waals surface area contributed by atoms with Crippen LogP contribution >= 0.6 is 0 Å². The Morgan fingerprint density at radius 3 is 2.61 bits per heavy atom. The first-order chi connectivity index (χ1) is 14.6. The van der Waals surface area contributed by atoms with Crippen molar-refractivity contribution < 1.29 is 27.8 Å². The van der Waals surface area contributed by atoms with Crippen LogP contribution < -0.4 is 10.9 Å². The lowest BCUT2D eigenvalue weighted by Gasteiger charge is -2.44. The van der Waals surface area contributed by atoms with Crippen molar-refractivity contribution in [3.63, 3.8) is 0 Å². The molecule has 0 fully saturated rings. The molecule has 1 aliphatic carbocycles.